The summed E-state index contributed by atoms with van der Waals surface area (Å²) in [5.74, 6) is -3.37. The molecule has 5 nitrogen and oxygen atoms in total. The van der Waals surface area contributed by atoms with Gasteiger partial charge in [0.25, 0.3) is 0 Å². The lowest BCUT2D eigenvalue weighted by molar-refractivity contribution is 0.0695. The Morgan fingerprint density at radius 3 is 2.38 bits per heavy atom. The molecule has 0 spiro atoms. The van der Waals surface area contributed by atoms with Crippen molar-refractivity contribution >= 4 is 16.9 Å². The highest BCUT2D eigenvalue weighted by atomic mass is 19.1. The minimum atomic E-state index is -1.47. The van der Waals surface area contributed by atoms with E-state index in [1.165, 1.54) is 12.1 Å². The molecule has 0 aliphatic rings. The number of H-pyrrole nitrogens is 1. The van der Waals surface area contributed by atoms with Gasteiger partial charge in [-0.15, -0.1) is 0 Å². The number of nitrogens with one attached hydrogen (secondary N) is 1. The lowest BCUT2D eigenvalue weighted by atomic mass is 10.0. The fraction of sp³-hybridized carbons (Fsp3) is 0.118. The first-order chi connectivity index (χ1) is 11.3. The van der Waals surface area contributed by atoms with Gasteiger partial charge in [-0.05, 0) is 37.6 Å². The number of benzene rings is 1. The first kappa shape index (κ1) is 15.8. The number of aromatic nitrogens is 2. The van der Waals surface area contributed by atoms with Crippen LogP contribution < -0.4 is 5.43 Å². The highest BCUT2D eigenvalue weighted by Gasteiger charge is 2.20. The number of nitrogens with zero attached hydrogens (tertiary/aromatic N) is 1. The molecule has 0 amide bonds. The molecule has 2 aromatic heterocycles. The molecular formula is C17H12F2N2O3. The van der Waals surface area contributed by atoms with E-state index >= 15 is 0 Å². The van der Waals surface area contributed by atoms with E-state index in [0.29, 0.717) is 17.0 Å². The Labute approximate surface area is 134 Å². The number of pyridine rings is 2. The van der Waals surface area contributed by atoms with Crippen molar-refractivity contribution in [3.05, 3.63) is 63.2 Å². The fourth-order valence-electron chi connectivity index (χ4n) is 2.70. The Kier molecular flexibility index (Phi) is 3.63. The number of carboxylic acids is 1. The topological polar surface area (TPSA) is 83.0 Å². The van der Waals surface area contributed by atoms with Crippen LogP contribution in [0.1, 0.15) is 21.7 Å². The molecular weight excluding hydrogens is 318 g/mol. The van der Waals surface area contributed by atoms with Gasteiger partial charge in [-0.3, -0.25) is 9.78 Å². The predicted molar refractivity (Wildman–Crippen MR) is 84.1 cm³/mol. The highest BCUT2D eigenvalue weighted by molar-refractivity contribution is 5.93. The molecule has 0 radical (unpaired) electrons. The second kappa shape index (κ2) is 5.52. The van der Waals surface area contributed by atoms with Crippen molar-refractivity contribution in [2.24, 2.45) is 0 Å². The van der Waals surface area contributed by atoms with Gasteiger partial charge in [0.2, 0.25) is 5.43 Å². The number of fused-ring (bicyclic) bond motifs is 1. The van der Waals surface area contributed by atoms with E-state index in [1.807, 2.05) is 0 Å². The zero-order chi connectivity index (χ0) is 17.6. The van der Waals surface area contributed by atoms with Gasteiger partial charge >= 0.3 is 5.97 Å². The third-order valence-corrected chi connectivity index (χ3v) is 3.67. The Balaban J connectivity index is 2.38. The molecule has 0 atom stereocenters. The molecule has 1 aromatic carbocycles. The lowest BCUT2D eigenvalue weighted by Gasteiger charge is -2.10. The summed E-state index contributed by atoms with van der Waals surface area (Å²) >= 11 is 0. The number of aryl methyl sites for hydroxylation is 2. The summed E-state index contributed by atoms with van der Waals surface area (Å²) in [5.41, 5.74) is -0.576. The molecule has 0 fully saturated rings. The molecule has 2 heterocycles. The van der Waals surface area contributed by atoms with Crippen LogP contribution in [0.3, 0.4) is 0 Å². The molecule has 0 aliphatic heterocycles. The maximum Gasteiger partial charge on any atom is 0.341 e. The molecule has 3 rings (SSSR count). The van der Waals surface area contributed by atoms with Crippen molar-refractivity contribution in [1.29, 1.82) is 0 Å². The van der Waals surface area contributed by atoms with E-state index in [4.69, 9.17) is 5.11 Å². The quantitative estimate of drug-likeness (QED) is 0.756. The second-order valence-electron chi connectivity index (χ2n) is 5.45. The van der Waals surface area contributed by atoms with Gasteiger partial charge < -0.3 is 10.1 Å². The predicted octanol–water partition coefficient (Wildman–Crippen LogP) is 3.18. The number of rotatable bonds is 2. The molecule has 7 heteroatoms. The summed E-state index contributed by atoms with van der Waals surface area (Å²) in [6, 6.07) is 3.91. The third kappa shape index (κ3) is 2.44. The summed E-state index contributed by atoms with van der Waals surface area (Å²) in [6.45, 7) is 3.41. The van der Waals surface area contributed by atoms with Crippen LogP contribution in [-0.4, -0.2) is 21.0 Å². The zero-order valence-corrected chi connectivity index (χ0v) is 12.8. The molecule has 0 saturated carbocycles. The average molecular weight is 330 g/mol. The van der Waals surface area contributed by atoms with Crippen LogP contribution in [0, 0.1) is 25.5 Å². The Morgan fingerprint density at radius 1 is 1.17 bits per heavy atom. The average Bonchev–Trinajstić information content (AvgIpc) is 2.47. The highest BCUT2D eigenvalue weighted by Crippen LogP contribution is 2.30. The number of carbonyl (C=O) groups is 1. The summed E-state index contributed by atoms with van der Waals surface area (Å²) in [5, 5.41) is 8.59. The number of carboxylic acid groups (broad SMARTS) is 1. The monoisotopic (exact) mass is 330 g/mol. The fourth-order valence-corrected chi connectivity index (χ4v) is 2.70. The summed E-state index contributed by atoms with van der Waals surface area (Å²) in [4.78, 5) is 29.7. The van der Waals surface area contributed by atoms with E-state index in [0.717, 1.165) is 12.3 Å². The van der Waals surface area contributed by atoms with Crippen LogP contribution in [0.25, 0.3) is 22.0 Å². The number of hydrogen-bond donors (Lipinski definition) is 2. The van der Waals surface area contributed by atoms with E-state index in [2.05, 4.69) is 9.97 Å². The zero-order valence-electron chi connectivity index (χ0n) is 12.8. The van der Waals surface area contributed by atoms with E-state index in [9.17, 15) is 18.4 Å². The Bertz CT molecular complexity index is 1040. The van der Waals surface area contributed by atoms with Gasteiger partial charge in [0.1, 0.15) is 11.4 Å². The Morgan fingerprint density at radius 2 is 1.79 bits per heavy atom. The SMILES string of the molecule is Cc1cc(-c2c(F)cc3c(=O)c(C(=O)O)c[nH]c3c2F)cc(C)n1. The van der Waals surface area contributed by atoms with Gasteiger partial charge in [-0.1, -0.05) is 0 Å². The standard InChI is InChI=1S/C17H12F2N2O3/c1-7-3-9(4-8(2)21-7)13-12(18)5-10-15(14(13)19)20-6-11(16(10)22)17(23)24/h3-6H,1-2H3,(H,20,22)(H,23,24). The number of aromatic carboxylic acids is 1. The van der Waals surface area contributed by atoms with E-state index in [1.54, 1.807) is 13.8 Å². The molecule has 0 saturated heterocycles. The van der Waals surface area contributed by atoms with Crippen LogP contribution in [-0.2, 0) is 0 Å². The van der Waals surface area contributed by atoms with Crippen LogP contribution in [0.2, 0.25) is 0 Å². The summed E-state index contributed by atoms with van der Waals surface area (Å²) in [6.07, 6.45) is 0.904. The summed E-state index contributed by atoms with van der Waals surface area (Å²) < 4.78 is 29.3. The molecule has 0 bridgehead atoms. The molecule has 3 aromatic rings. The van der Waals surface area contributed by atoms with Crippen LogP contribution in [0.15, 0.2) is 29.2 Å². The van der Waals surface area contributed by atoms with Gasteiger partial charge in [-0.25, -0.2) is 13.6 Å². The molecule has 0 unspecified atom stereocenters. The van der Waals surface area contributed by atoms with E-state index < -0.39 is 28.6 Å². The maximum absolute atomic E-state index is 14.8. The van der Waals surface area contributed by atoms with Crippen molar-refractivity contribution in [2.75, 3.05) is 0 Å². The lowest BCUT2D eigenvalue weighted by Crippen LogP contribution is -2.16. The van der Waals surface area contributed by atoms with Crippen LogP contribution in [0.4, 0.5) is 8.78 Å². The minimum absolute atomic E-state index is 0.242. The van der Waals surface area contributed by atoms with Crippen molar-refractivity contribution in [3.63, 3.8) is 0 Å². The molecule has 2 N–H and O–H groups in total. The first-order valence-electron chi connectivity index (χ1n) is 7.02. The van der Waals surface area contributed by atoms with Crippen LogP contribution in [0.5, 0.6) is 0 Å². The van der Waals surface area contributed by atoms with Crippen molar-refractivity contribution < 1.29 is 18.7 Å². The molecule has 24 heavy (non-hydrogen) atoms. The second-order valence-corrected chi connectivity index (χ2v) is 5.45. The normalized spacial score (nSPS) is 11.0. The van der Waals surface area contributed by atoms with Gasteiger partial charge in [0, 0.05) is 17.6 Å². The number of hydrogen-bond acceptors (Lipinski definition) is 3. The van der Waals surface area contributed by atoms with Crippen molar-refractivity contribution in [3.8, 4) is 11.1 Å². The van der Waals surface area contributed by atoms with Crippen molar-refractivity contribution in [1.82, 2.24) is 9.97 Å². The van der Waals surface area contributed by atoms with E-state index in [-0.39, 0.29) is 16.5 Å². The van der Waals surface area contributed by atoms with Crippen molar-refractivity contribution in [2.45, 2.75) is 13.8 Å². The smallest absolute Gasteiger partial charge is 0.341 e. The molecule has 122 valence electrons. The van der Waals surface area contributed by atoms with Gasteiger partial charge in [0.05, 0.1) is 16.5 Å². The minimum Gasteiger partial charge on any atom is -0.477 e. The van der Waals surface area contributed by atoms with Gasteiger partial charge in [-0.2, -0.15) is 0 Å². The Hall–Kier alpha value is -3.09. The maximum atomic E-state index is 14.8. The summed E-state index contributed by atoms with van der Waals surface area (Å²) in [7, 11) is 0. The van der Waals surface area contributed by atoms with Crippen LogP contribution >= 0.6 is 0 Å². The number of halogens is 2. The largest absolute Gasteiger partial charge is 0.477 e. The third-order valence-electron chi connectivity index (χ3n) is 3.67. The number of aromatic amines is 1. The van der Waals surface area contributed by atoms with Gasteiger partial charge in [0.15, 0.2) is 5.82 Å². The molecule has 0 aliphatic carbocycles. The first-order valence-corrected chi connectivity index (χ1v) is 7.02.